The SMILES string of the molecule is CN(C)c1cccc(Oc2nnnn2[C@@H]2CO[C@@H]3[C@@H]2OC[C@@H]3NC(=O)Nc2ccccc2)c1. The van der Waals surface area contributed by atoms with Gasteiger partial charge in [-0.1, -0.05) is 29.4 Å². The Morgan fingerprint density at radius 2 is 1.91 bits per heavy atom. The van der Waals surface area contributed by atoms with Gasteiger partial charge in [0.2, 0.25) is 0 Å². The molecule has 3 heterocycles. The maximum Gasteiger partial charge on any atom is 0.341 e. The maximum absolute atomic E-state index is 12.4. The number of nitrogens with zero attached hydrogens (tertiary/aromatic N) is 5. The summed E-state index contributed by atoms with van der Waals surface area (Å²) in [7, 11) is 3.92. The summed E-state index contributed by atoms with van der Waals surface area (Å²) < 4.78 is 19.5. The minimum Gasteiger partial charge on any atom is -0.423 e. The predicted molar refractivity (Wildman–Crippen MR) is 120 cm³/mol. The van der Waals surface area contributed by atoms with Crippen LogP contribution in [0.2, 0.25) is 0 Å². The number of urea groups is 1. The van der Waals surface area contributed by atoms with Gasteiger partial charge in [0.1, 0.15) is 24.0 Å². The number of carbonyl (C=O) groups excluding carboxylic acids is 1. The number of hydrogen-bond acceptors (Lipinski definition) is 8. The normalized spacial score (nSPS) is 23.7. The smallest absolute Gasteiger partial charge is 0.341 e. The van der Waals surface area contributed by atoms with Crippen LogP contribution in [0.3, 0.4) is 0 Å². The van der Waals surface area contributed by atoms with Gasteiger partial charge >= 0.3 is 12.0 Å². The third kappa shape index (κ3) is 4.45. The molecule has 33 heavy (non-hydrogen) atoms. The van der Waals surface area contributed by atoms with Crippen LogP contribution in [-0.2, 0) is 9.47 Å². The number of rotatable bonds is 6. The average molecular weight is 451 g/mol. The van der Waals surface area contributed by atoms with E-state index in [0.29, 0.717) is 24.7 Å². The summed E-state index contributed by atoms with van der Waals surface area (Å²) in [5, 5.41) is 17.7. The van der Waals surface area contributed by atoms with Crippen LogP contribution in [-0.4, -0.2) is 71.8 Å². The van der Waals surface area contributed by atoms with Crippen molar-refractivity contribution < 1.29 is 19.0 Å². The van der Waals surface area contributed by atoms with Gasteiger partial charge < -0.3 is 29.7 Å². The largest absolute Gasteiger partial charge is 0.423 e. The quantitative estimate of drug-likeness (QED) is 0.585. The van der Waals surface area contributed by atoms with E-state index in [2.05, 4.69) is 26.2 Å². The van der Waals surface area contributed by atoms with Gasteiger partial charge in [-0.25, -0.2) is 4.79 Å². The van der Waals surface area contributed by atoms with Crippen molar-refractivity contribution in [3.63, 3.8) is 0 Å². The second-order valence-corrected chi connectivity index (χ2v) is 8.13. The summed E-state index contributed by atoms with van der Waals surface area (Å²) in [4.78, 5) is 14.4. The molecule has 0 unspecified atom stereocenters. The van der Waals surface area contributed by atoms with Crippen LogP contribution in [0.15, 0.2) is 54.6 Å². The van der Waals surface area contributed by atoms with Crippen LogP contribution < -0.4 is 20.3 Å². The van der Waals surface area contributed by atoms with Gasteiger partial charge in [-0.2, -0.15) is 4.68 Å². The number of tetrazole rings is 1. The third-order valence-corrected chi connectivity index (χ3v) is 5.70. The summed E-state index contributed by atoms with van der Waals surface area (Å²) in [6.07, 6.45) is -0.628. The first-order valence-corrected chi connectivity index (χ1v) is 10.7. The van der Waals surface area contributed by atoms with Crippen molar-refractivity contribution in [1.29, 1.82) is 0 Å². The number of benzene rings is 2. The first kappa shape index (κ1) is 21.2. The standard InChI is InChI=1S/C22H25N7O4/c1-28(2)15-9-6-10-16(11-15)33-22-25-26-27-29(22)18-13-32-19-17(12-31-20(18)19)24-21(30)23-14-7-4-3-5-8-14/h3-11,17-20H,12-13H2,1-2H3,(H2,23,24,30)/t17-,18+,19-,20+/m0/s1. The molecule has 0 bridgehead atoms. The minimum absolute atomic E-state index is 0.252. The van der Waals surface area contributed by atoms with Crippen molar-refractivity contribution in [3.05, 3.63) is 54.6 Å². The van der Waals surface area contributed by atoms with Gasteiger partial charge in [0.15, 0.2) is 0 Å². The number of hydrogen-bond donors (Lipinski definition) is 2. The highest BCUT2D eigenvalue weighted by molar-refractivity contribution is 5.89. The number of para-hydroxylation sites is 1. The van der Waals surface area contributed by atoms with Gasteiger partial charge in [-0.15, -0.1) is 0 Å². The van der Waals surface area contributed by atoms with E-state index >= 15 is 0 Å². The molecule has 2 N–H and O–H groups in total. The molecule has 2 aliphatic heterocycles. The zero-order valence-corrected chi connectivity index (χ0v) is 18.3. The summed E-state index contributed by atoms with van der Waals surface area (Å²) in [5.74, 6) is 0.622. The molecule has 0 aliphatic carbocycles. The van der Waals surface area contributed by atoms with Gasteiger partial charge in [-0.3, -0.25) is 0 Å². The van der Waals surface area contributed by atoms with E-state index in [-0.39, 0.29) is 36.3 Å². The molecule has 4 atom stereocenters. The molecular weight excluding hydrogens is 426 g/mol. The fourth-order valence-corrected chi connectivity index (χ4v) is 4.06. The lowest BCUT2D eigenvalue weighted by Gasteiger charge is -2.18. The number of ether oxygens (including phenoxy) is 3. The topological polar surface area (TPSA) is 116 Å². The van der Waals surface area contributed by atoms with Crippen LogP contribution in [0.1, 0.15) is 6.04 Å². The molecule has 3 aromatic rings. The summed E-state index contributed by atoms with van der Waals surface area (Å²) in [6.45, 7) is 0.671. The molecule has 172 valence electrons. The van der Waals surface area contributed by atoms with Gasteiger partial charge in [0.05, 0.1) is 19.3 Å². The summed E-state index contributed by atoms with van der Waals surface area (Å²) >= 11 is 0. The molecule has 2 saturated heterocycles. The molecule has 0 spiro atoms. The highest BCUT2D eigenvalue weighted by Crippen LogP contribution is 2.36. The van der Waals surface area contributed by atoms with E-state index in [1.807, 2.05) is 73.6 Å². The van der Waals surface area contributed by atoms with Crippen LogP contribution in [0.25, 0.3) is 0 Å². The lowest BCUT2D eigenvalue weighted by atomic mass is 10.1. The van der Waals surface area contributed by atoms with E-state index in [0.717, 1.165) is 5.69 Å². The molecule has 2 aromatic carbocycles. The molecule has 11 nitrogen and oxygen atoms in total. The first-order chi connectivity index (χ1) is 16.1. The van der Waals surface area contributed by atoms with E-state index in [1.54, 1.807) is 4.68 Å². The Morgan fingerprint density at radius 1 is 1.09 bits per heavy atom. The molecule has 5 rings (SSSR count). The zero-order chi connectivity index (χ0) is 22.8. The Hall–Kier alpha value is -3.70. The Kier molecular flexibility index (Phi) is 5.80. The Balaban J connectivity index is 1.24. The van der Waals surface area contributed by atoms with Crippen molar-refractivity contribution in [1.82, 2.24) is 25.5 Å². The number of amides is 2. The second-order valence-electron chi connectivity index (χ2n) is 8.13. The van der Waals surface area contributed by atoms with Crippen molar-refractivity contribution >= 4 is 17.4 Å². The molecule has 11 heteroatoms. The fraction of sp³-hybridized carbons (Fsp3) is 0.364. The predicted octanol–water partition coefficient (Wildman–Crippen LogP) is 2.06. The molecule has 2 fully saturated rings. The van der Waals surface area contributed by atoms with Crippen LogP contribution in [0.4, 0.5) is 16.2 Å². The molecular formula is C22H25N7O4. The Labute approximate surface area is 190 Å². The van der Waals surface area contributed by atoms with Crippen LogP contribution in [0, 0.1) is 0 Å². The number of aromatic nitrogens is 4. The van der Waals surface area contributed by atoms with Crippen molar-refractivity contribution in [3.8, 4) is 11.8 Å². The lowest BCUT2D eigenvalue weighted by molar-refractivity contribution is 0.0613. The molecule has 0 radical (unpaired) electrons. The minimum atomic E-state index is -0.314. The molecule has 2 aliphatic rings. The average Bonchev–Trinajstić information content (AvgIpc) is 3.52. The summed E-state index contributed by atoms with van der Waals surface area (Å²) in [6, 6.07) is 16.3. The van der Waals surface area contributed by atoms with Gasteiger partial charge in [0.25, 0.3) is 0 Å². The fourth-order valence-electron chi connectivity index (χ4n) is 4.06. The molecule has 1 aromatic heterocycles. The monoisotopic (exact) mass is 451 g/mol. The van der Waals surface area contributed by atoms with E-state index in [9.17, 15) is 4.79 Å². The van der Waals surface area contributed by atoms with Crippen molar-refractivity contribution in [2.75, 3.05) is 37.5 Å². The van der Waals surface area contributed by atoms with Gasteiger partial charge in [-0.05, 0) is 34.7 Å². The zero-order valence-electron chi connectivity index (χ0n) is 18.3. The Bertz CT molecular complexity index is 1110. The molecule has 2 amide bonds. The second kappa shape index (κ2) is 9.04. The maximum atomic E-state index is 12.4. The highest BCUT2D eigenvalue weighted by Gasteiger charge is 2.50. The number of fused-ring (bicyclic) bond motifs is 1. The molecule has 0 saturated carbocycles. The summed E-state index contributed by atoms with van der Waals surface area (Å²) in [5.41, 5.74) is 1.71. The first-order valence-electron chi connectivity index (χ1n) is 10.7. The number of carbonyl (C=O) groups is 1. The van der Waals surface area contributed by atoms with Crippen LogP contribution >= 0.6 is 0 Å². The number of anilines is 2. The van der Waals surface area contributed by atoms with Gasteiger partial charge in [0, 0.05) is 31.5 Å². The van der Waals surface area contributed by atoms with Crippen molar-refractivity contribution in [2.45, 2.75) is 24.3 Å². The van der Waals surface area contributed by atoms with Crippen molar-refractivity contribution in [2.24, 2.45) is 0 Å². The highest BCUT2D eigenvalue weighted by atomic mass is 16.6. The lowest BCUT2D eigenvalue weighted by Crippen LogP contribution is -2.45. The van der Waals surface area contributed by atoms with E-state index in [1.165, 1.54) is 0 Å². The Morgan fingerprint density at radius 3 is 2.73 bits per heavy atom. The van der Waals surface area contributed by atoms with E-state index in [4.69, 9.17) is 14.2 Å². The van der Waals surface area contributed by atoms with E-state index < -0.39 is 0 Å². The third-order valence-electron chi connectivity index (χ3n) is 5.70. The van der Waals surface area contributed by atoms with Crippen LogP contribution in [0.5, 0.6) is 11.8 Å². The number of nitrogens with one attached hydrogen (secondary N) is 2.